The van der Waals surface area contributed by atoms with Crippen molar-refractivity contribution in [1.82, 2.24) is 26.5 Å². The van der Waals surface area contributed by atoms with Gasteiger partial charge in [-0.1, -0.05) is 6.07 Å². The van der Waals surface area contributed by atoms with Crippen molar-refractivity contribution in [3.63, 3.8) is 0 Å². The molecule has 1 aromatic rings. The summed E-state index contributed by atoms with van der Waals surface area (Å²) in [6.07, 6.45) is 3.19. The van der Waals surface area contributed by atoms with Gasteiger partial charge in [0.05, 0.1) is 5.69 Å². The molecule has 0 atom stereocenters. The van der Waals surface area contributed by atoms with Gasteiger partial charge in [0.2, 0.25) is 0 Å². The van der Waals surface area contributed by atoms with Gasteiger partial charge in [-0.3, -0.25) is 15.8 Å². The van der Waals surface area contributed by atoms with Gasteiger partial charge < -0.3 is 10.6 Å². The number of hydrogen-bond donors (Lipinski definition) is 4. The van der Waals surface area contributed by atoms with E-state index in [2.05, 4.69) is 64.4 Å². The molecule has 0 saturated heterocycles. The van der Waals surface area contributed by atoms with Gasteiger partial charge in [0, 0.05) is 54.6 Å². The Hall–Kier alpha value is -1.99. The molecular formula is C20H35N7. The van der Waals surface area contributed by atoms with Crippen molar-refractivity contribution in [2.75, 3.05) is 13.1 Å². The third kappa shape index (κ3) is 7.64. The molecule has 150 valence electrons. The maximum absolute atomic E-state index is 4.58. The predicted octanol–water partition coefficient (Wildman–Crippen LogP) is 2.54. The average Bonchev–Trinajstić information content (AvgIpc) is 2.58. The molecule has 0 aromatic carbocycles. The van der Waals surface area contributed by atoms with Crippen molar-refractivity contribution in [2.45, 2.75) is 71.6 Å². The van der Waals surface area contributed by atoms with Gasteiger partial charge in [-0.25, -0.2) is 0 Å². The summed E-state index contributed by atoms with van der Waals surface area (Å²) in [7, 11) is 0. The summed E-state index contributed by atoms with van der Waals surface area (Å²) in [5.41, 5.74) is 9.25. The Bertz CT molecular complexity index is 612. The third-order valence-corrected chi connectivity index (χ3v) is 4.48. The van der Waals surface area contributed by atoms with Gasteiger partial charge in [0.25, 0.3) is 0 Å². The van der Waals surface area contributed by atoms with Crippen LogP contribution in [0.3, 0.4) is 0 Å². The van der Waals surface area contributed by atoms with E-state index in [9.17, 15) is 0 Å². The lowest BCUT2D eigenvalue weighted by atomic mass is 9.97. The number of hydrazone groups is 2. The summed E-state index contributed by atoms with van der Waals surface area (Å²) >= 11 is 0. The zero-order valence-electron chi connectivity index (χ0n) is 17.6. The summed E-state index contributed by atoms with van der Waals surface area (Å²) in [5, 5.41) is 16.4. The Balaban J connectivity index is 2.25. The SMILES string of the molecule is C/C1=N\NC(c2ccccn2)N/N=C(\C)CC(C)(C)NCCNC(C)(C)C1. The molecule has 4 N–H and O–H groups in total. The van der Waals surface area contributed by atoms with Crippen LogP contribution in [0, 0.1) is 0 Å². The molecule has 7 nitrogen and oxygen atoms in total. The number of pyridine rings is 1. The lowest BCUT2D eigenvalue weighted by Gasteiger charge is -2.29. The fourth-order valence-electron chi connectivity index (χ4n) is 3.34. The van der Waals surface area contributed by atoms with Crippen molar-refractivity contribution in [2.24, 2.45) is 10.2 Å². The lowest BCUT2D eigenvalue weighted by molar-refractivity contribution is 0.359. The molecule has 0 spiro atoms. The first-order valence-corrected chi connectivity index (χ1v) is 9.65. The summed E-state index contributed by atoms with van der Waals surface area (Å²) < 4.78 is 0. The number of aromatic nitrogens is 1. The van der Waals surface area contributed by atoms with Gasteiger partial charge in [0.1, 0.15) is 0 Å². The number of nitrogens with one attached hydrogen (secondary N) is 4. The molecule has 2 rings (SSSR count). The fourth-order valence-corrected chi connectivity index (χ4v) is 3.34. The van der Waals surface area contributed by atoms with Gasteiger partial charge in [-0.05, 0) is 53.7 Å². The quantitative estimate of drug-likeness (QED) is 0.608. The molecule has 0 saturated carbocycles. The van der Waals surface area contributed by atoms with Crippen LogP contribution in [0.4, 0.5) is 0 Å². The molecule has 0 amide bonds. The second-order valence-corrected chi connectivity index (χ2v) is 8.61. The van der Waals surface area contributed by atoms with Crippen LogP contribution in [0.25, 0.3) is 0 Å². The molecule has 1 aromatic heterocycles. The fraction of sp³-hybridized carbons (Fsp3) is 0.650. The summed E-state index contributed by atoms with van der Waals surface area (Å²) in [4.78, 5) is 4.44. The van der Waals surface area contributed by atoms with Crippen LogP contribution in [-0.4, -0.2) is 40.6 Å². The highest BCUT2D eigenvalue weighted by molar-refractivity contribution is 5.83. The van der Waals surface area contributed by atoms with E-state index < -0.39 is 0 Å². The molecule has 0 fully saturated rings. The van der Waals surface area contributed by atoms with Crippen LogP contribution in [0.2, 0.25) is 0 Å². The number of nitrogens with zero attached hydrogens (tertiary/aromatic N) is 3. The van der Waals surface area contributed by atoms with E-state index in [4.69, 9.17) is 0 Å². The minimum Gasteiger partial charge on any atom is -0.310 e. The Kier molecular flexibility index (Phi) is 7.33. The van der Waals surface area contributed by atoms with E-state index >= 15 is 0 Å². The van der Waals surface area contributed by atoms with Gasteiger partial charge in [-0.2, -0.15) is 10.2 Å². The monoisotopic (exact) mass is 373 g/mol. The van der Waals surface area contributed by atoms with Crippen LogP contribution < -0.4 is 21.5 Å². The molecule has 2 heterocycles. The molecule has 0 aliphatic carbocycles. The van der Waals surface area contributed by atoms with Crippen LogP contribution >= 0.6 is 0 Å². The topological polar surface area (TPSA) is 85.7 Å². The molecular weight excluding hydrogens is 338 g/mol. The minimum atomic E-state index is -0.284. The third-order valence-electron chi connectivity index (χ3n) is 4.48. The van der Waals surface area contributed by atoms with E-state index in [1.165, 1.54) is 0 Å². The molecule has 0 bridgehead atoms. The Morgan fingerprint density at radius 3 is 1.81 bits per heavy atom. The molecule has 27 heavy (non-hydrogen) atoms. The molecule has 1 aliphatic heterocycles. The van der Waals surface area contributed by atoms with Crippen molar-refractivity contribution in [1.29, 1.82) is 0 Å². The van der Waals surface area contributed by atoms with Crippen molar-refractivity contribution >= 4 is 11.4 Å². The zero-order valence-corrected chi connectivity index (χ0v) is 17.6. The first-order valence-electron chi connectivity index (χ1n) is 9.65. The van der Waals surface area contributed by atoms with Crippen molar-refractivity contribution in [3.05, 3.63) is 30.1 Å². The van der Waals surface area contributed by atoms with Gasteiger partial charge >= 0.3 is 0 Å². The number of hydrogen-bond acceptors (Lipinski definition) is 7. The van der Waals surface area contributed by atoms with Crippen LogP contribution in [0.5, 0.6) is 0 Å². The minimum absolute atomic E-state index is 0.0262. The normalized spacial score (nSPS) is 26.1. The van der Waals surface area contributed by atoms with E-state index in [-0.39, 0.29) is 17.2 Å². The predicted molar refractivity (Wildman–Crippen MR) is 113 cm³/mol. The van der Waals surface area contributed by atoms with Crippen LogP contribution in [-0.2, 0) is 0 Å². The second-order valence-electron chi connectivity index (χ2n) is 8.61. The van der Waals surface area contributed by atoms with Crippen LogP contribution in [0.1, 0.15) is 66.2 Å². The van der Waals surface area contributed by atoms with Gasteiger partial charge in [0.15, 0.2) is 6.17 Å². The molecule has 0 unspecified atom stereocenters. The summed E-state index contributed by atoms with van der Waals surface area (Å²) in [5.74, 6) is 0. The van der Waals surface area contributed by atoms with E-state index in [0.29, 0.717) is 0 Å². The lowest BCUT2D eigenvalue weighted by Crippen LogP contribution is -2.48. The van der Waals surface area contributed by atoms with E-state index in [1.807, 2.05) is 32.0 Å². The Morgan fingerprint density at radius 1 is 0.852 bits per heavy atom. The maximum atomic E-state index is 4.58. The van der Waals surface area contributed by atoms with Crippen LogP contribution in [0.15, 0.2) is 34.6 Å². The zero-order chi connectivity index (χ0) is 19.9. The second kappa shape index (κ2) is 9.28. The molecule has 7 heteroatoms. The average molecular weight is 374 g/mol. The largest absolute Gasteiger partial charge is 0.310 e. The van der Waals surface area contributed by atoms with Crippen molar-refractivity contribution < 1.29 is 0 Å². The molecule has 1 aliphatic rings. The summed E-state index contributed by atoms with van der Waals surface area (Å²) in [6, 6.07) is 5.83. The van der Waals surface area contributed by atoms with E-state index in [1.54, 1.807) is 6.20 Å². The summed E-state index contributed by atoms with van der Waals surface area (Å²) in [6.45, 7) is 14.7. The highest BCUT2D eigenvalue weighted by atomic mass is 15.5. The maximum Gasteiger partial charge on any atom is 0.170 e. The van der Waals surface area contributed by atoms with Gasteiger partial charge in [-0.15, -0.1) is 0 Å². The van der Waals surface area contributed by atoms with Crippen molar-refractivity contribution in [3.8, 4) is 0 Å². The first kappa shape index (κ1) is 21.3. The highest BCUT2D eigenvalue weighted by Gasteiger charge is 2.22. The molecule has 0 radical (unpaired) electrons. The first-order chi connectivity index (χ1) is 12.7. The standard InChI is InChI=1S/C20H35N7/c1-15-13-19(3,4)22-11-12-23-20(5,6)14-16(2)25-27-18(26-24-15)17-9-7-8-10-21-17/h7-10,18,22-23,26-27H,11-14H2,1-6H3/b24-15+,25-16+. The smallest absolute Gasteiger partial charge is 0.170 e. The Labute approximate surface area is 163 Å². The Morgan fingerprint density at radius 2 is 1.37 bits per heavy atom. The number of rotatable bonds is 1. The highest BCUT2D eigenvalue weighted by Crippen LogP contribution is 2.13. The van der Waals surface area contributed by atoms with E-state index in [0.717, 1.165) is 43.0 Å².